The molecular formula is C24H27N5O2. The number of aliphatic hydroxyl groups excluding tert-OH is 1. The summed E-state index contributed by atoms with van der Waals surface area (Å²) in [6.45, 7) is 2.80. The smallest absolute Gasteiger partial charge is 0.274 e. The van der Waals surface area contributed by atoms with Crippen molar-refractivity contribution in [1.82, 2.24) is 24.2 Å². The van der Waals surface area contributed by atoms with Gasteiger partial charge >= 0.3 is 0 Å². The molecule has 1 aliphatic carbocycles. The third kappa shape index (κ3) is 3.51. The number of aliphatic hydroxyl groups is 1. The van der Waals surface area contributed by atoms with Crippen LogP contribution in [0.15, 0.2) is 42.9 Å². The predicted octanol–water partition coefficient (Wildman–Crippen LogP) is 2.24. The molecule has 1 aromatic carbocycles. The van der Waals surface area contributed by atoms with Gasteiger partial charge in [0.2, 0.25) is 5.78 Å². The van der Waals surface area contributed by atoms with E-state index in [4.69, 9.17) is 0 Å². The lowest BCUT2D eigenvalue weighted by Crippen LogP contribution is -2.56. The summed E-state index contributed by atoms with van der Waals surface area (Å²) in [5, 5.41) is 10.9. The lowest BCUT2D eigenvalue weighted by atomic mass is 9.94. The van der Waals surface area contributed by atoms with Gasteiger partial charge in [-0.25, -0.2) is 9.97 Å². The number of hydrogen-bond donors (Lipinski definition) is 1. The molecule has 0 radical (unpaired) electrons. The van der Waals surface area contributed by atoms with E-state index in [0.717, 1.165) is 25.9 Å². The van der Waals surface area contributed by atoms with Crippen molar-refractivity contribution in [2.75, 3.05) is 19.6 Å². The number of β-amino-alcohol motifs (C(OH)–C–C–N with tert-alkyl or cyclic N) is 1. The summed E-state index contributed by atoms with van der Waals surface area (Å²) in [5.74, 6) is 1.03. The molecule has 7 heteroatoms. The van der Waals surface area contributed by atoms with E-state index in [1.54, 1.807) is 11.1 Å². The highest BCUT2D eigenvalue weighted by molar-refractivity contribution is 5.92. The van der Waals surface area contributed by atoms with Gasteiger partial charge in [0, 0.05) is 50.8 Å². The third-order valence-corrected chi connectivity index (χ3v) is 7.06. The molecule has 4 heterocycles. The van der Waals surface area contributed by atoms with Crippen molar-refractivity contribution in [3.05, 3.63) is 65.2 Å². The van der Waals surface area contributed by atoms with Crippen LogP contribution < -0.4 is 0 Å². The van der Waals surface area contributed by atoms with E-state index in [0.29, 0.717) is 30.5 Å². The molecular weight excluding hydrogens is 390 g/mol. The zero-order valence-electron chi connectivity index (χ0n) is 17.5. The van der Waals surface area contributed by atoms with Gasteiger partial charge in [-0.05, 0) is 48.3 Å². The fraction of sp³-hybridized carbons (Fsp3) is 0.458. The van der Waals surface area contributed by atoms with Gasteiger partial charge < -0.3 is 10.0 Å². The first kappa shape index (κ1) is 19.0. The number of benzene rings is 1. The Kier molecular flexibility index (Phi) is 4.54. The molecule has 31 heavy (non-hydrogen) atoms. The first-order chi connectivity index (χ1) is 15.2. The van der Waals surface area contributed by atoms with Crippen molar-refractivity contribution >= 4 is 11.7 Å². The van der Waals surface area contributed by atoms with E-state index in [9.17, 15) is 9.90 Å². The fourth-order valence-electron chi connectivity index (χ4n) is 5.12. The number of rotatable bonds is 3. The van der Waals surface area contributed by atoms with Gasteiger partial charge in [-0.1, -0.05) is 24.3 Å². The average Bonchev–Trinajstić information content (AvgIpc) is 3.56. The Hall–Kier alpha value is -2.77. The minimum absolute atomic E-state index is 0.0845. The molecule has 7 nitrogen and oxygen atoms in total. The summed E-state index contributed by atoms with van der Waals surface area (Å²) >= 11 is 0. The van der Waals surface area contributed by atoms with E-state index in [1.807, 2.05) is 16.8 Å². The standard InChI is InChI=1S/C24H27N5O2/c30-22-15-28(10-8-21(22)27-9-7-16-3-1-2-4-18(16)12-27)23(31)20-14-29-13-19(17-5-6-17)11-25-24(29)26-20/h1-4,11,13-14,17,21-22,30H,5-10,12,15H2/t21-,22-/m0/s1. The van der Waals surface area contributed by atoms with E-state index in [1.165, 1.54) is 29.5 Å². The maximum Gasteiger partial charge on any atom is 0.274 e. The molecule has 0 spiro atoms. The molecule has 2 fully saturated rings. The summed E-state index contributed by atoms with van der Waals surface area (Å²) < 4.78 is 1.86. The van der Waals surface area contributed by atoms with Crippen LogP contribution in [0, 0.1) is 0 Å². The predicted molar refractivity (Wildman–Crippen MR) is 116 cm³/mol. The molecule has 6 rings (SSSR count). The number of fused-ring (bicyclic) bond motifs is 2. The van der Waals surface area contributed by atoms with Gasteiger partial charge in [-0.2, -0.15) is 0 Å². The zero-order valence-corrected chi connectivity index (χ0v) is 17.5. The monoisotopic (exact) mass is 417 g/mol. The van der Waals surface area contributed by atoms with Crippen molar-refractivity contribution in [1.29, 1.82) is 0 Å². The molecule has 1 saturated heterocycles. The van der Waals surface area contributed by atoms with Crippen LogP contribution in [0.5, 0.6) is 0 Å². The Labute approximate surface area is 181 Å². The SMILES string of the molecule is O=C(c1cn2cc(C3CC3)cnc2n1)N1CC[C@H](N2CCc3ccccc3C2)[C@@H](O)C1. The lowest BCUT2D eigenvalue weighted by Gasteiger charge is -2.43. The van der Waals surface area contributed by atoms with Crippen LogP contribution in [0.2, 0.25) is 0 Å². The maximum atomic E-state index is 13.1. The number of hydrogen-bond acceptors (Lipinski definition) is 5. The summed E-state index contributed by atoms with van der Waals surface area (Å²) in [6.07, 6.45) is 9.34. The summed E-state index contributed by atoms with van der Waals surface area (Å²) in [4.78, 5) is 26.1. The van der Waals surface area contributed by atoms with Crippen molar-refractivity contribution in [2.45, 2.75) is 50.3 Å². The first-order valence-corrected chi connectivity index (χ1v) is 11.3. The minimum Gasteiger partial charge on any atom is -0.390 e. The van der Waals surface area contributed by atoms with Crippen molar-refractivity contribution in [3.8, 4) is 0 Å². The Morgan fingerprint density at radius 3 is 2.71 bits per heavy atom. The van der Waals surface area contributed by atoms with Gasteiger partial charge in [0.1, 0.15) is 5.69 Å². The molecule has 0 bridgehead atoms. The average molecular weight is 418 g/mol. The van der Waals surface area contributed by atoms with Gasteiger partial charge in [-0.3, -0.25) is 14.1 Å². The fourth-order valence-corrected chi connectivity index (χ4v) is 5.12. The van der Waals surface area contributed by atoms with Crippen molar-refractivity contribution in [2.24, 2.45) is 0 Å². The van der Waals surface area contributed by atoms with E-state index >= 15 is 0 Å². The summed E-state index contributed by atoms with van der Waals surface area (Å²) in [5.41, 5.74) is 4.37. The second kappa shape index (κ2) is 7.43. The first-order valence-electron chi connectivity index (χ1n) is 11.3. The molecule has 3 aliphatic rings. The molecule has 0 unspecified atom stereocenters. The Bertz CT molecular complexity index is 1140. The number of likely N-dealkylation sites (tertiary alicyclic amines) is 1. The highest BCUT2D eigenvalue weighted by Gasteiger charge is 2.36. The van der Waals surface area contributed by atoms with Gasteiger partial charge in [0.15, 0.2) is 0 Å². The second-order valence-corrected chi connectivity index (χ2v) is 9.16. The number of nitrogens with zero attached hydrogens (tertiary/aromatic N) is 5. The Morgan fingerprint density at radius 1 is 1.06 bits per heavy atom. The van der Waals surface area contributed by atoms with Crippen LogP contribution in [0.3, 0.4) is 0 Å². The number of aromatic nitrogens is 3. The topological polar surface area (TPSA) is 74.0 Å². The summed E-state index contributed by atoms with van der Waals surface area (Å²) in [7, 11) is 0. The van der Waals surface area contributed by atoms with E-state index in [2.05, 4.69) is 39.1 Å². The van der Waals surface area contributed by atoms with Crippen molar-refractivity contribution < 1.29 is 9.90 Å². The van der Waals surface area contributed by atoms with Crippen LogP contribution in [0.4, 0.5) is 0 Å². The van der Waals surface area contributed by atoms with Crippen LogP contribution in [0.1, 0.15) is 52.4 Å². The van der Waals surface area contributed by atoms with E-state index in [-0.39, 0.29) is 11.9 Å². The number of piperidine rings is 1. The Balaban J connectivity index is 1.14. The second-order valence-electron chi connectivity index (χ2n) is 9.16. The molecule has 2 aliphatic heterocycles. The minimum atomic E-state index is -0.556. The zero-order chi connectivity index (χ0) is 20.9. The van der Waals surface area contributed by atoms with Crippen molar-refractivity contribution in [3.63, 3.8) is 0 Å². The maximum absolute atomic E-state index is 13.1. The van der Waals surface area contributed by atoms with Crippen LogP contribution in [-0.4, -0.2) is 67.0 Å². The largest absolute Gasteiger partial charge is 0.390 e. The number of carbonyl (C=O) groups excluding carboxylic acids is 1. The Morgan fingerprint density at radius 2 is 1.90 bits per heavy atom. The van der Waals surface area contributed by atoms with Crippen LogP contribution in [-0.2, 0) is 13.0 Å². The summed E-state index contributed by atoms with van der Waals surface area (Å²) in [6, 6.07) is 8.63. The van der Waals surface area contributed by atoms with Crippen LogP contribution >= 0.6 is 0 Å². The quantitative estimate of drug-likeness (QED) is 0.708. The lowest BCUT2D eigenvalue weighted by molar-refractivity contribution is -0.0139. The molecule has 2 atom stereocenters. The molecule has 3 aromatic rings. The number of amides is 1. The highest BCUT2D eigenvalue weighted by Crippen LogP contribution is 2.39. The molecule has 1 saturated carbocycles. The molecule has 160 valence electrons. The molecule has 2 aromatic heterocycles. The van der Waals surface area contributed by atoms with Gasteiger partial charge in [0.25, 0.3) is 5.91 Å². The van der Waals surface area contributed by atoms with Crippen LogP contribution in [0.25, 0.3) is 5.78 Å². The normalized spacial score (nSPS) is 24.4. The molecule has 1 N–H and O–H groups in total. The van der Waals surface area contributed by atoms with E-state index < -0.39 is 6.10 Å². The van der Waals surface area contributed by atoms with Gasteiger partial charge in [-0.15, -0.1) is 0 Å². The highest BCUT2D eigenvalue weighted by atomic mass is 16.3. The number of carbonyl (C=O) groups is 1. The molecule has 1 amide bonds. The van der Waals surface area contributed by atoms with Gasteiger partial charge in [0.05, 0.1) is 6.10 Å². The third-order valence-electron chi connectivity index (χ3n) is 7.06. The number of imidazole rings is 1.